The molecule has 0 aliphatic heterocycles. The van der Waals surface area contributed by atoms with Crippen molar-refractivity contribution in [2.75, 3.05) is 12.8 Å². The minimum Gasteiger partial charge on any atom is -0.465 e. The van der Waals surface area contributed by atoms with Crippen LogP contribution in [-0.2, 0) is 11.2 Å². The lowest BCUT2D eigenvalue weighted by Crippen LogP contribution is -2.19. The summed E-state index contributed by atoms with van der Waals surface area (Å²) in [5.41, 5.74) is 6.94. The van der Waals surface area contributed by atoms with Crippen molar-refractivity contribution < 1.29 is 14.3 Å². The van der Waals surface area contributed by atoms with Crippen LogP contribution in [0.15, 0.2) is 0 Å². The van der Waals surface area contributed by atoms with Crippen molar-refractivity contribution in [1.29, 1.82) is 0 Å². The van der Waals surface area contributed by atoms with E-state index in [0.29, 0.717) is 15.4 Å². The van der Waals surface area contributed by atoms with E-state index in [-0.39, 0.29) is 11.7 Å². The molecule has 1 aliphatic carbocycles. The molecular formula is C11H13NO3S. The Balaban J connectivity index is 2.55. The van der Waals surface area contributed by atoms with Crippen LogP contribution in [0, 0.1) is 5.92 Å². The number of ether oxygens (including phenoxy) is 1. The van der Waals surface area contributed by atoms with Crippen molar-refractivity contribution in [3.05, 3.63) is 16.0 Å². The van der Waals surface area contributed by atoms with Gasteiger partial charge in [-0.1, -0.05) is 6.92 Å². The van der Waals surface area contributed by atoms with E-state index in [4.69, 9.17) is 5.73 Å². The number of hydrogen-bond acceptors (Lipinski definition) is 5. The highest BCUT2D eigenvalue weighted by atomic mass is 32.1. The molecule has 1 aromatic rings. The lowest BCUT2D eigenvalue weighted by atomic mass is 9.87. The smallest absolute Gasteiger partial charge is 0.341 e. The van der Waals surface area contributed by atoms with Crippen LogP contribution >= 0.6 is 11.3 Å². The van der Waals surface area contributed by atoms with Gasteiger partial charge in [-0.15, -0.1) is 11.3 Å². The number of carbonyl (C=O) groups excluding carboxylic acids is 2. The van der Waals surface area contributed by atoms with Gasteiger partial charge in [0.15, 0.2) is 5.78 Å². The number of Topliss-reactive ketones (excluding diaryl/α,β-unsaturated/α-hetero) is 1. The predicted octanol–water partition coefficient (Wildman–Crippen LogP) is 1.88. The Hall–Kier alpha value is -1.36. The second-order valence-electron chi connectivity index (χ2n) is 3.94. The van der Waals surface area contributed by atoms with Crippen LogP contribution in [0.2, 0.25) is 0 Å². The van der Waals surface area contributed by atoms with Crippen LogP contribution in [0.25, 0.3) is 0 Å². The number of nitrogens with two attached hydrogens (primary N) is 1. The van der Waals surface area contributed by atoms with E-state index in [1.165, 1.54) is 18.4 Å². The minimum atomic E-state index is -0.447. The molecule has 0 saturated heterocycles. The first-order chi connectivity index (χ1) is 7.56. The number of fused-ring (bicyclic) bond motifs is 1. The van der Waals surface area contributed by atoms with Crippen molar-refractivity contribution >= 4 is 28.1 Å². The van der Waals surface area contributed by atoms with E-state index in [1.54, 1.807) is 0 Å². The second-order valence-corrected chi connectivity index (χ2v) is 5.00. The molecule has 1 unspecified atom stereocenters. The van der Waals surface area contributed by atoms with Gasteiger partial charge in [0.05, 0.1) is 17.6 Å². The Labute approximate surface area is 97.4 Å². The zero-order chi connectivity index (χ0) is 11.9. The molecule has 5 heteroatoms. The summed E-state index contributed by atoms with van der Waals surface area (Å²) in [6.07, 6.45) is 1.49. The summed E-state index contributed by atoms with van der Waals surface area (Å²) in [6, 6.07) is 0. The molecule has 1 heterocycles. The monoisotopic (exact) mass is 239 g/mol. The fourth-order valence-corrected chi connectivity index (χ4v) is 3.12. The lowest BCUT2D eigenvalue weighted by Gasteiger charge is -2.17. The highest BCUT2D eigenvalue weighted by Crippen LogP contribution is 2.38. The van der Waals surface area contributed by atoms with Crippen LogP contribution in [0.1, 0.15) is 38.9 Å². The Kier molecular flexibility index (Phi) is 2.71. The average molecular weight is 239 g/mol. The second kappa shape index (κ2) is 3.90. The number of hydrogen-bond donors (Lipinski definition) is 1. The summed E-state index contributed by atoms with van der Waals surface area (Å²) in [4.78, 5) is 24.1. The topological polar surface area (TPSA) is 69.4 Å². The van der Waals surface area contributed by atoms with Gasteiger partial charge in [0, 0.05) is 5.92 Å². The van der Waals surface area contributed by atoms with Gasteiger partial charge in [-0.05, 0) is 18.4 Å². The fraction of sp³-hybridized carbons (Fsp3) is 0.455. The predicted molar refractivity (Wildman–Crippen MR) is 61.9 cm³/mol. The normalized spacial score (nSPS) is 19.4. The molecule has 16 heavy (non-hydrogen) atoms. The van der Waals surface area contributed by atoms with Crippen LogP contribution < -0.4 is 5.73 Å². The van der Waals surface area contributed by atoms with Gasteiger partial charge in [0.2, 0.25) is 0 Å². The van der Waals surface area contributed by atoms with Crippen LogP contribution in [-0.4, -0.2) is 18.9 Å². The molecule has 4 nitrogen and oxygen atoms in total. The number of anilines is 1. The zero-order valence-corrected chi connectivity index (χ0v) is 10.0. The minimum absolute atomic E-state index is 0.0241. The maximum atomic E-state index is 11.9. The van der Waals surface area contributed by atoms with Crippen molar-refractivity contribution in [2.45, 2.75) is 19.8 Å². The first-order valence-corrected chi connectivity index (χ1v) is 5.91. The number of nitrogen functional groups attached to an aromatic ring is 1. The SMILES string of the molecule is COC(=O)c1c(N)sc2c1CCC(C)C2=O. The summed E-state index contributed by atoms with van der Waals surface area (Å²) in [5, 5.41) is 0.388. The quantitative estimate of drug-likeness (QED) is 0.760. The Morgan fingerprint density at radius 1 is 1.56 bits per heavy atom. The number of methoxy groups -OCH3 is 1. The average Bonchev–Trinajstić information content (AvgIpc) is 2.60. The van der Waals surface area contributed by atoms with Gasteiger partial charge < -0.3 is 10.5 Å². The van der Waals surface area contributed by atoms with Gasteiger partial charge in [-0.2, -0.15) is 0 Å². The summed E-state index contributed by atoms with van der Waals surface area (Å²) >= 11 is 1.20. The lowest BCUT2D eigenvalue weighted by molar-refractivity contribution is 0.0601. The van der Waals surface area contributed by atoms with E-state index in [1.807, 2.05) is 6.92 Å². The zero-order valence-electron chi connectivity index (χ0n) is 9.20. The first kappa shape index (κ1) is 11.1. The number of rotatable bonds is 1. The molecule has 0 amide bonds. The number of thiophene rings is 1. The van der Waals surface area contributed by atoms with E-state index in [9.17, 15) is 9.59 Å². The third-order valence-corrected chi connectivity index (χ3v) is 4.00. The summed E-state index contributed by atoms with van der Waals surface area (Å²) < 4.78 is 4.68. The van der Waals surface area contributed by atoms with Crippen LogP contribution in [0.5, 0.6) is 0 Å². The molecule has 1 atom stereocenters. The molecule has 1 aliphatic rings. The van der Waals surface area contributed by atoms with Crippen molar-refractivity contribution in [1.82, 2.24) is 0 Å². The van der Waals surface area contributed by atoms with Crippen molar-refractivity contribution in [3.63, 3.8) is 0 Å². The van der Waals surface area contributed by atoms with E-state index < -0.39 is 5.97 Å². The molecule has 2 rings (SSSR count). The Morgan fingerprint density at radius 3 is 2.88 bits per heavy atom. The molecule has 0 fully saturated rings. The molecule has 0 saturated carbocycles. The summed E-state index contributed by atoms with van der Waals surface area (Å²) in [7, 11) is 1.32. The maximum Gasteiger partial charge on any atom is 0.341 e. The third-order valence-electron chi connectivity index (χ3n) is 2.92. The van der Waals surface area contributed by atoms with Gasteiger partial charge in [0.1, 0.15) is 5.00 Å². The maximum absolute atomic E-state index is 11.9. The first-order valence-electron chi connectivity index (χ1n) is 5.10. The summed E-state index contributed by atoms with van der Waals surface area (Å²) in [6.45, 7) is 1.90. The van der Waals surface area contributed by atoms with Crippen LogP contribution in [0.3, 0.4) is 0 Å². The van der Waals surface area contributed by atoms with Crippen LogP contribution in [0.4, 0.5) is 5.00 Å². The van der Waals surface area contributed by atoms with Gasteiger partial charge in [-0.25, -0.2) is 4.79 Å². The van der Waals surface area contributed by atoms with E-state index in [0.717, 1.165) is 18.4 Å². The van der Waals surface area contributed by atoms with Gasteiger partial charge >= 0.3 is 5.97 Å². The molecule has 1 aromatic heterocycles. The van der Waals surface area contributed by atoms with Gasteiger partial charge in [-0.3, -0.25) is 4.79 Å². The molecule has 86 valence electrons. The Morgan fingerprint density at radius 2 is 2.25 bits per heavy atom. The Bertz CT molecular complexity index is 464. The molecule has 0 spiro atoms. The van der Waals surface area contributed by atoms with Gasteiger partial charge in [0.25, 0.3) is 0 Å². The highest BCUT2D eigenvalue weighted by molar-refractivity contribution is 7.18. The highest BCUT2D eigenvalue weighted by Gasteiger charge is 2.32. The standard InChI is InChI=1S/C11H13NO3S/c1-5-3-4-6-7(11(14)15-2)10(12)16-9(6)8(5)13/h5H,3-4,12H2,1-2H3. The van der Waals surface area contributed by atoms with Crippen molar-refractivity contribution in [3.8, 4) is 0 Å². The third kappa shape index (κ3) is 1.51. The van der Waals surface area contributed by atoms with E-state index in [2.05, 4.69) is 4.74 Å². The largest absolute Gasteiger partial charge is 0.465 e. The molecular weight excluding hydrogens is 226 g/mol. The molecule has 2 N–H and O–H groups in total. The van der Waals surface area contributed by atoms with E-state index >= 15 is 0 Å². The van der Waals surface area contributed by atoms with Crippen molar-refractivity contribution in [2.24, 2.45) is 5.92 Å². The molecule has 0 bridgehead atoms. The number of carbonyl (C=O) groups is 2. The summed E-state index contributed by atoms with van der Waals surface area (Å²) in [5.74, 6) is -0.332. The fourth-order valence-electron chi connectivity index (χ4n) is 1.96. The number of esters is 1. The molecule has 0 radical (unpaired) electrons. The number of ketones is 1. The molecule has 0 aromatic carbocycles.